The van der Waals surface area contributed by atoms with Crippen LogP contribution < -0.4 is 9.47 Å². The third-order valence-corrected chi connectivity index (χ3v) is 3.95. The van der Waals surface area contributed by atoms with Gasteiger partial charge in [0.1, 0.15) is 11.5 Å². The van der Waals surface area contributed by atoms with Crippen molar-refractivity contribution in [3.63, 3.8) is 0 Å². The van der Waals surface area contributed by atoms with Gasteiger partial charge < -0.3 is 14.6 Å². The average molecular weight is 338 g/mol. The Hall–Kier alpha value is -3.28. The second-order valence-corrected chi connectivity index (χ2v) is 5.48. The van der Waals surface area contributed by atoms with Crippen LogP contribution in [0.25, 0.3) is 16.9 Å². The summed E-state index contributed by atoms with van der Waals surface area (Å²) in [5.41, 5.74) is 3.05. The number of carboxylic acids is 1. The lowest BCUT2D eigenvalue weighted by Gasteiger charge is -2.13. The van der Waals surface area contributed by atoms with Gasteiger partial charge in [-0.25, -0.2) is 9.48 Å². The van der Waals surface area contributed by atoms with Crippen molar-refractivity contribution in [2.24, 2.45) is 0 Å². The Morgan fingerprint density at radius 2 is 1.84 bits per heavy atom. The molecular formula is C19H18N2O4. The number of rotatable bonds is 5. The first-order chi connectivity index (χ1) is 12.0. The van der Waals surface area contributed by atoms with E-state index in [2.05, 4.69) is 5.10 Å². The van der Waals surface area contributed by atoms with Crippen LogP contribution in [-0.2, 0) is 0 Å². The maximum Gasteiger partial charge on any atom is 0.356 e. The van der Waals surface area contributed by atoms with Gasteiger partial charge in [0.2, 0.25) is 0 Å². The molecule has 3 aromatic rings. The highest BCUT2D eigenvalue weighted by atomic mass is 16.5. The summed E-state index contributed by atoms with van der Waals surface area (Å²) in [6, 6.07) is 14.6. The van der Waals surface area contributed by atoms with Gasteiger partial charge in [-0.1, -0.05) is 18.2 Å². The Morgan fingerprint density at radius 3 is 2.48 bits per heavy atom. The fourth-order valence-electron chi connectivity index (χ4n) is 2.68. The van der Waals surface area contributed by atoms with Crippen molar-refractivity contribution < 1.29 is 19.4 Å². The van der Waals surface area contributed by atoms with Crippen LogP contribution in [0.3, 0.4) is 0 Å². The minimum Gasteiger partial charge on any atom is -0.497 e. The van der Waals surface area contributed by atoms with Crippen LogP contribution in [0.1, 0.15) is 16.1 Å². The number of carboxylic acid groups (broad SMARTS) is 1. The van der Waals surface area contributed by atoms with E-state index in [1.54, 1.807) is 37.1 Å². The van der Waals surface area contributed by atoms with Crippen LogP contribution >= 0.6 is 0 Å². The number of nitrogens with zero attached hydrogens (tertiary/aromatic N) is 2. The molecule has 0 aliphatic rings. The van der Waals surface area contributed by atoms with Crippen molar-refractivity contribution in [3.8, 4) is 28.4 Å². The van der Waals surface area contributed by atoms with E-state index in [4.69, 9.17) is 9.47 Å². The van der Waals surface area contributed by atoms with Crippen molar-refractivity contribution in [2.45, 2.75) is 6.92 Å². The molecule has 6 heteroatoms. The quantitative estimate of drug-likeness (QED) is 0.770. The van der Waals surface area contributed by atoms with Gasteiger partial charge in [0.25, 0.3) is 0 Å². The number of methoxy groups -OCH3 is 2. The van der Waals surface area contributed by atoms with Gasteiger partial charge in [0, 0.05) is 5.56 Å². The molecule has 0 unspecified atom stereocenters. The van der Waals surface area contributed by atoms with Gasteiger partial charge in [-0.3, -0.25) is 0 Å². The van der Waals surface area contributed by atoms with E-state index in [9.17, 15) is 9.90 Å². The molecule has 0 aliphatic heterocycles. The molecule has 128 valence electrons. The zero-order valence-corrected chi connectivity index (χ0v) is 14.2. The van der Waals surface area contributed by atoms with E-state index in [1.165, 1.54) is 6.07 Å². The van der Waals surface area contributed by atoms with E-state index in [0.717, 1.165) is 11.3 Å². The van der Waals surface area contributed by atoms with Gasteiger partial charge in [-0.15, -0.1) is 0 Å². The molecule has 1 heterocycles. The van der Waals surface area contributed by atoms with Gasteiger partial charge >= 0.3 is 5.97 Å². The number of benzene rings is 2. The summed E-state index contributed by atoms with van der Waals surface area (Å²) >= 11 is 0. The molecule has 25 heavy (non-hydrogen) atoms. The number of para-hydroxylation sites is 1. The first kappa shape index (κ1) is 16.6. The van der Waals surface area contributed by atoms with Gasteiger partial charge in [0.15, 0.2) is 5.69 Å². The lowest BCUT2D eigenvalue weighted by molar-refractivity contribution is 0.0690. The number of hydrogen-bond acceptors (Lipinski definition) is 4. The number of aromatic carboxylic acids is 1. The molecule has 0 saturated carbocycles. The van der Waals surface area contributed by atoms with E-state index in [0.29, 0.717) is 22.8 Å². The lowest BCUT2D eigenvalue weighted by Crippen LogP contribution is -2.04. The normalized spacial score (nSPS) is 10.5. The van der Waals surface area contributed by atoms with E-state index in [-0.39, 0.29) is 5.69 Å². The van der Waals surface area contributed by atoms with Crippen molar-refractivity contribution in [3.05, 3.63) is 59.8 Å². The number of carbonyl (C=O) groups is 1. The van der Waals surface area contributed by atoms with Crippen LogP contribution in [0.2, 0.25) is 0 Å². The molecule has 1 aromatic heterocycles. The fourth-order valence-corrected chi connectivity index (χ4v) is 2.68. The smallest absolute Gasteiger partial charge is 0.356 e. The Labute approximate surface area is 145 Å². The summed E-state index contributed by atoms with van der Waals surface area (Å²) in [6.07, 6.45) is 0. The molecule has 2 aromatic carbocycles. The predicted molar refractivity (Wildman–Crippen MR) is 93.8 cm³/mol. The molecule has 1 N–H and O–H groups in total. The summed E-state index contributed by atoms with van der Waals surface area (Å²) in [7, 11) is 3.14. The highest BCUT2D eigenvalue weighted by molar-refractivity contribution is 5.88. The second-order valence-electron chi connectivity index (χ2n) is 5.48. The summed E-state index contributed by atoms with van der Waals surface area (Å²) in [5.74, 6) is 0.160. The van der Waals surface area contributed by atoms with Crippen LogP contribution in [0, 0.1) is 6.92 Å². The van der Waals surface area contributed by atoms with Gasteiger partial charge in [-0.05, 0) is 42.8 Å². The zero-order chi connectivity index (χ0) is 18.0. The Bertz CT molecular complexity index is 931. The van der Waals surface area contributed by atoms with Gasteiger partial charge in [-0.2, -0.15) is 5.10 Å². The Balaban J connectivity index is 2.30. The molecular weight excluding hydrogens is 320 g/mol. The highest BCUT2D eigenvalue weighted by Gasteiger charge is 2.20. The van der Waals surface area contributed by atoms with E-state index < -0.39 is 5.97 Å². The summed E-state index contributed by atoms with van der Waals surface area (Å²) < 4.78 is 12.4. The molecule has 0 bridgehead atoms. The topological polar surface area (TPSA) is 73.6 Å². The van der Waals surface area contributed by atoms with Crippen LogP contribution in [-0.4, -0.2) is 35.1 Å². The molecule has 0 amide bonds. The molecule has 0 saturated heterocycles. The predicted octanol–water partition coefficient (Wildman–Crippen LogP) is 3.56. The van der Waals surface area contributed by atoms with E-state index >= 15 is 0 Å². The number of hydrogen-bond donors (Lipinski definition) is 1. The molecule has 0 aliphatic carbocycles. The highest BCUT2D eigenvalue weighted by Crippen LogP contribution is 2.35. The number of aromatic nitrogens is 2. The van der Waals surface area contributed by atoms with Crippen LogP contribution in [0.15, 0.2) is 48.5 Å². The third-order valence-electron chi connectivity index (χ3n) is 3.95. The fraction of sp³-hybridized carbons (Fsp3) is 0.158. The molecule has 6 nitrogen and oxygen atoms in total. The summed E-state index contributed by atoms with van der Waals surface area (Å²) in [4.78, 5) is 11.5. The van der Waals surface area contributed by atoms with Crippen LogP contribution in [0.4, 0.5) is 0 Å². The Morgan fingerprint density at radius 1 is 1.08 bits per heavy atom. The number of ether oxygens (including phenoxy) is 2. The molecule has 3 rings (SSSR count). The molecule has 0 radical (unpaired) electrons. The molecule has 0 spiro atoms. The van der Waals surface area contributed by atoms with Gasteiger partial charge in [0.05, 0.1) is 25.6 Å². The minimum absolute atomic E-state index is 0.0388. The standard InChI is InChI=1S/C19H18N2O4/c1-12-6-4-5-7-16(12)21-17(11-15(20-21)19(22)23)14-10-13(24-2)8-9-18(14)25-3/h4-11H,1-3H3,(H,22,23). The maximum atomic E-state index is 11.5. The maximum absolute atomic E-state index is 11.5. The van der Waals surface area contributed by atoms with Crippen molar-refractivity contribution in [1.29, 1.82) is 0 Å². The van der Waals surface area contributed by atoms with Crippen molar-refractivity contribution >= 4 is 5.97 Å². The number of aryl methyl sites for hydroxylation is 1. The summed E-state index contributed by atoms with van der Waals surface area (Å²) in [6.45, 7) is 1.95. The average Bonchev–Trinajstić information content (AvgIpc) is 3.06. The first-order valence-electron chi connectivity index (χ1n) is 7.67. The monoisotopic (exact) mass is 338 g/mol. The van der Waals surface area contributed by atoms with Crippen LogP contribution in [0.5, 0.6) is 11.5 Å². The SMILES string of the molecule is COc1ccc(OC)c(-c2cc(C(=O)O)nn2-c2ccccc2C)c1. The Kier molecular flexibility index (Phi) is 4.43. The lowest BCUT2D eigenvalue weighted by atomic mass is 10.1. The summed E-state index contributed by atoms with van der Waals surface area (Å²) in [5, 5.41) is 13.7. The first-order valence-corrected chi connectivity index (χ1v) is 7.67. The van der Waals surface area contributed by atoms with Crippen molar-refractivity contribution in [1.82, 2.24) is 9.78 Å². The van der Waals surface area contributed by atoms with Crippen molar-refractivity contribution in [2.75, 3.05) is 14.2 Å². The van der Waals surface area contributed by atoms with E-state index in [1.807, 2.05) is 31.2 Å². The second kappa shape index (κ2) is 6.68. The largest absolute Gasteiger partial charge is 0.497 e. The molecule has 0 atom stereocenters. The molecule has 0 fully saturated rings. The zero-order valence-electron chi connectivity index (χ0n) is 14.2. The third kappa shape index (κ3) is 3.06. The minimum atomic E-state index is -1.09.